The van der Waals surface area contributed by atoms with Gasteiger partial charge >= 0.3 is 0 Å². The number of benzene rings is 1. The van der Waals surface area contributed by atoms with Crippen LogP contribution in [0.1, 0.15) is 77.1 Å². The van der Waals surface area contributed by atoms with E-state index in [2.05, 4.69) is 55.9 Å². The van der Waals surface area contributed by atoms with Crippen LogP contribution in [0, 0.1) is 17.3 Å². The van der Waals surface area contributed by atoms with Crippen molar-refractivity contribution in [1.82, 2.24) is 5.32 Å². The van der Waals surface area contributed by atoms with Crippen molar-refractivity contribution in [3.63, 3.8) is 0 Å². The van der Waals surface area contributed by atoms with E-state index in [4.69, 9.17) is 4.74 Å². The van der Waals surface area contributed by atoms with Crippen molar-refractivity contribution in [1.29, 1.82) is 0 Å². The molecule has 0 atom stereocenters. The van der Waals surface area contributed by atoms with Crippen molar-refractivity contribution < 1.29 is 9.53 Å². The molecule has 0 spiro atoms. The highest BCUT2D eigenvalue weighted by Crippen LogP contribution is 2.37. The van der Waals surface area contributed by atoms with E-state index < -0.39 is 0 Å². The van der Waals surface area contributed by atoms with Crippen molar-refractivity contribution in [2.75, 3.05) is 6.61 Å². The second kappa shape index (κ2) is 9.25. The number of ether oxygens (including phenoxy) is 1. The van der Waals surface area contributed by atoms with Gasteiger partial charge in [-0.15, -0.1) is 0 Å². The first-order valence-corrected chi connectivity index (χ1v) is 10.7. The van der Waals surface area contributed by atoms with Gasteiger partial charge in [-0.1, -0.05) is 34.6 Å². The van der Waals surface area contributed by atoms with Gasteiger partial charge in [0.15, 0.2) is 0 Å². The van der Waals surface area contributed by atoms with E-state index >= 15 is 0 Å². The minimum absolute atomic E-state index is 0.0126. The maximum Gasteiger partial charge on any atom is 0.251 e. The molecule has 146 valence electrons. The van der Waals surface area contributed by atoms with Crippen LogP contribution < -0.4 is 10.1 Å². The summed E-state index contributed by atoms with van der Waals surface area (Å²) in [5.41, 5.74) is 1.05. The Bertz CT molecular complexity index is 599. The summed E-state index contributed by atoms with van der Waals surface area (Å²) >= 11 is 3.53. The van der Waals surface area contributed by atoms with E-state index in [0.717, 1.165) is 35.4 Å². The van der Waals surface area contributed by atoms with Gasteiger partial charge in [-0.25, -0.2) is 0 Å². The van der Waals surface area contributed by atoms with E-state index in [1.165, 1.54) is 12.8 Å². The molecule has 3 nitrogen and oxygen atoms in total. The predicted molar refractivity (Wildman–Crippen MR) is 112 cm³/mol. The molecule has 1 aromatic carbocycles. The van der Waals surface area contributed by atoms with E-state index in [1.54, 1.807) is 0 Å². The maximum atomic E-state index is 12.6. The molecule has 1 fully saturated rings. The van der Waals surface area contributed by atoms with Crippen LogP contribution in [0.2, 0.25) is 0 Å². The lowest BCUT2D eigenvalue weighted by atomic mass is 9.71. The molecular formula is C22H34BrNO2. The standard InChI is InChI=1S/C22H34BrNO2/c1-15(2)12-13-26-20-11-6-16(14-19(20)23)21(25)24-18-9-7-17(8-10-18)22(3,4)5/h6,11,14-15,17-18H,7-10,12-13H2,1-5H3,(H,24,25). The number of rotatable bonds is 6. The minimum atomic E-state index is 0.0126. The molecule has 0 saturated heterocycles. The predicted octanol–water partition coefficient (Wildman–Crippen LogP) is 6.21. The zero-order chi connectivity index (χ0) is 19.3. The molecule has 1 N–H and O–H groups in total. The largest absolute Gasteiger partial charge is 0.492 e. The Labute approximate surface area is 167 Å². The molecule has 1 saturated carbocycles. The van der Waals surface area contributed by atoms with Gasteiger partial charge in [-0.05, 0) is 83.5 Å². The van der Waals surface area contributed by atoms with E-state index in [9.17, 15) is 4.79 Å². The van der Waals surface area contributed by atoms with Crippen molar-refractivity contribution in [3.8, 4) is 5.75 Å². The first-order valence-electron chi connectivity index (χ1n) is 9.90. The fourth-order valence-corrected chi connectivity index (χ4v) is 4.03. The molecule has 1 aliphatic carbocycles. The summed E-state index contributed by atoms with van der Waals surface area (Å²) in [6, 6.07) is 5.89. The highest BCUT2D eigenvalue weighted by atomic mass is 79.9. The first-order chi connectivity index (χ1) is 12.2. The lowest BCUT2D eigenvalue weighted by Gasteiger charge is -2.37. The molecule has 2 rings (SSSR count). The fraction of sp³-hybridized carbons (Fsp3) is 0.682. The van der Waals surface area contributed by atoms with Gasteiger partial charge in [0.25, 0.3) is 5.91 Å². The van der Waals surface area contributed by atoms with Gasteiger partial charge in [0.2, 0.25) is 0 Å². The molecule has 0 bridgehead atoms. The van der Waals surface area contributed by atoms with E-state index in [-0.39, 0.29) is 5.91 Å². The van der Waals surface area contributed by atoms with Crippen molar-refractivity contribution >= 4 is 21.8 Å². The topological polar surface area (TPSA) is 38.3 Å². The SMILES string of the molecule is CC(C)CCOc1ccc(C(=O)NC2CCC(C(C)(C)C)CC2)cc1Br. The van der Waals surface area contributed by atoms with Gasteiger partial charge < -0.3 is 10.1 Å². The Morgan fingerprint density at radius 3 is 2.42 bits per heavy atom. The van der Waals surface area contributed by atoms with Crippen LogP contribution in [0.25, 0.3) is 0 Å². The molecule has 0 heterocycles. The van der Waals surface area contributed by atoms with Crippen molar-refractivity contribution in [2.24, 2.45) is 17.3 Å². The summed E-state index contributed by atoms with van der Waals surface area (Å²) in [6.07, 6.45) is 5.56. The zero-order valence-electron chi connectivity index (χ0n) is 16.9. The Balaban J connectivity index is 1.87. The Morgan fingerprint density at radius 2 is 1.88 bits per heavy atom. The molecule has 1 amide bonds. The summed E-state index contributed by atoms with van der Waals surface area (Å²) in [5, 5.41) is 3.21. The molecule has 0 radical (unpaired) electrons. The third kappa shape index (κ3) is 6.29. The monoisotopic (exact) mass is 423 g/mol. The van der Waals surface area contributed by atoms with Crippen molar-refractivity contribution in [3.05, 3.63) is 28.2 Å². The second-order valence-electron chi connectivity index (χ2n) is 9.06. The van der Waals surface area contributed by atoms with Crippen LogP contribution in [0.5, 0.6) is 5.75 Å². The average molecular weight is 424 g/mol. The molecule has 4 heteroatoms. The molecule has 0 aromatic heterocycles. The van der Waals surface area contributed by atoms with Crippen LogP contribution in [0.15, 0.2) is 22.7 Å². The van der Waals surface area contributed by atoms with Gasteiger partial charge in [0, 0.05) is 11.6 Å². The van der Waals surface area contributed by atoms with Crippen LogP contribution >= 0.6 is 15.9 Å². The number of nitrogens with one attached hydrogen (secondary N) is 1. The van der Waals surface area contributed by atoms with Gasteiger partial charge in [0.05, 0.1) is 11.1 Å². The van der Waals surface area contributed by atoms with Crippen LogP contribution in [0.3, 0.4) is 0 Å². The molecule has 0 unspecified atom stereocenters. The fourth-order valence-electron chi connectivity index (χ4n) is 3.54. The van der Waals surface area contributed by atoms with Gasteiger partial charge in [-0.2, -0.15) is 0 Å². The number of carbonyl (C=O) groups is 1. The molecule has 1 aliphatic rings. The Hall–Kier alpha value is -1.03. The quantitative estimate of drug-likeness (QED) is 0.590. The molecule has 1 aromatic rings. The zero-order valence-corrected chi connectivity index (χ0v) is 18.5. The lowest BCUT2D eigenvalue weighted by Crippen LogP contribution is -2.39. The molecule has 26 heavy (non-hydrogen) atoms. The van der Waals surface area contributed by atoms with Crippen LogP contribution in [-0.2, 0) is 0 Å². The number of halogens is 1. The number of carbonyl (C=O) groups excluding carboxylic acids is 1. The Morgan fingerprint density at radius 1 is 1.23 bits per heavy atom. The van der Waals surface area contributed by atoms with Gasteiger partial charge in [0.1, 0.15) is 5.75 Å². The first kappa shape index (κ1) is 21.3. The van der Waals surface area contributed by atoms with E-state index in [1.807, 2.05) is 18.2 Å². The minimum Gasteiger partial charge on any atom is -0.492 e. The second-order valence-corrected chi connectivity index (χ2v) is 9.92. The number of hydrogen-bond acceptors (Lipinski definition) is 2. The normalized spacial score (nSPS) is 20.9. The number of amides is 1. The summed E-state index contributed by atoms with van der Waals surface area (Å²) in [4.78, 5) is 12.6. The highest BCUT2D eigenvalue weighted by molar-refractivity contribution is 9.10. The third-order valence-corrected chi connectivity index (χ3v) is 6.05. The Kier molecular flexibility index (Phi) is 7.57. The van der Waals surface area contributed by atoms with Gasteiger partial charge in [-0.3, -0.25) is 4.79 Å². The van der Waals surface area contributed by atoms with Crippen molar-refractivity contribution in [2.45, 2.75) is 72.8 Å². The van der Waals surface area contributed by atoms with Crippen LogP contribution in [0.4, 0.5) is 0 Å². The maximum absolute atomic E-state index is 12.6. The van der Waals surface area contributed by atoms with Crippen LogP contribution in [-0.4, -0.2) is 18.6 Å². The highest BCUT2D eigenvalue weighted by Gasteiger charge is 2.30. The third-order valence-electron chi connectivity index (χ3n) is 5.43. The molecule has 0 aliphatic heterocycles. The summed E-state index contributed by atoms with van der Waals surface area (Å²) in [5.74, 6) is 2.19. The average Bonchev–Trinajstić information content (AvgIpc) is 2.55. The smallest absolute Gasteiger partial charge is 0.251 e. The number of hydrogen-bond donors (Lipinski definition) is 1. The van der Waals surface area contributed by atoms with E-state index in [0.29, 0.717) is 29.5 Å². The summed E-state index contributed by atoms with van der Waals surface area (Å²) in [7, 11) is 0. The lowest BCUT2D eigenvalue weighted by molar-refractivity contribution is 0.0904. The summed E-state index contributed by atoms with van der Waals surface area (Å²) in [6.45, 7) is 12.0. The molecular weight excluding hydrogens is 390 g/mol. The summed E-state index contributed by atoms with van der Waals surface area (Å²) < 4.78 is 6.64.